The van der Waals surface area contributed by atoms with Gasteiger partial charge in [-0.1, -0.05) is 17.8 Å². The van der Waals surface area contributed by atoms with E-state index in [2.05, 4.69) is 10.3 Å². The molecule has 1 N–H and O–H groups in total. The van der Waals surface area contributed by atoms with Crippen LogP contribution in [-0.4, -0.2) is 87.4 Å². The number of methoxy groups -OCH3 is 1. The van der Waals surface area contributed by atoms with E-state index in [0.29, 0.717) is 72.8 Å². The van der Waals surface area contributed by atoms with Crippen LogP contribution in [-0.2, 0) is 22.5 Å². The van der Waals surface area contributed by atoms with E-state index in [-0.39, 0.29) is 23.9 Å². The number of aromatic nitrogens is 5. The molecule has 1 saturated heterocycles. The third kappa shape index (κ3) is 6.58. The van der Waals surface area contributed by atoms with Gasteiger partial charge in [0, 0.05) is 62.7 Å². The van der Waals surface area contributed by atoms with Crippen LogP contribution in [0.2, 0.25) is 0 Å². The van der Waals surface area contributed by atoms with Crippen molar-refractivity contribution >= 4 is 40.5 Å². The molecule has 0 spiro atoms. The molecule has 8 rings (SSSR count). The Balaban J connectivity index is 1.18. The molecule has 11 nitrogen and oxygen atoms in total. The van der Waals surface area contributed by atoms with Gasteiger partial charge in [0.1, 0.15) is 40.1 Å². The van der Waals surface area contributed by atoms with E-state index in [1.807, 2.05) is 40.8 Å². The van der Waals surface area contributed by atoms with Crippen molar-refractivity contribution in [1.82, 2.24) is 29.4 Å². The Bertz CT molecular complexity index is 2130. The van der Waals surface area contributed by atoms with Gasteiger partial charge in [-0.15, -0.1) is 0 Å². The average molecular weight is 713 g/mol. The molecule has 3 atom stereocenters. The molecule has 4 bridgehead atoms. The van der Waals surface area contributed by atoms with Crippen molar-refractivity contribution < 1.29 is 23.0 Å². The second-order valence-corrected chi connectivity index (χ2v) is 14.4. The summed E-state index contributed by atoms with van der Waals surface area (Å²) in [6, 6.07) is 12.4. The smallest absolute Gasteiger partial charge is 0.245 e. The zero-order valence-electron chi connectivity index (χ0n) is 28.6. The quantitative estimate of drug-likeness (QED) is 0.223. The summed E-state index contributed by atoms with van der Waals surface area (Å²) in [5.74, 6) is 1.39. The third-order valence-electron chi connectivity index (χ3n) is 9.81. The number of carbonyl (C=O) groups is 1. The third-order valence-corrected chi connectivity index (χ3v) is 10.9. The lowest BCUT2D eigenvalue weighted by molar-refractivity contribution is -0.132. The predicted molar refractivity (Wildman–Crippen MR) is 190 cm³/mol. The number of nitrogens with zero attached hydrogens (tertiary/aromatic N) is 7. The first kappa shape index (κ1) is 33.3. The summed E-state index contributed by atoms with van der Waals surface area (Å²) in [7, 11) is 3.42. The minimum absolute atomic E-state index is 0.0848. The molecule has 264 valence electrons. The number of ether oxygens (including phenoxy) is 2. The minimum atomic E-state index is -0.571. The van der Waals surface area contributed by atoms with Gasteiger partial charge in [-0.25, -0.2) is 28.7 Å². The molecule has 3 aliphatic heterocycles. The highest BCUT2D eigenvalue weighted by atomic mass is 32.2. The van der Waals surface area contributed by atoms with E-state index in [0.717, 1.165) is 40.3 Å². The Morgan fingerprint density at radius 1 is 1.02 bits per heavy atom. The Labute approximate surface area is 298 Å². The summed E-state index contributed by atoms with van der Waals surface area (Å²) in [5, 5.41) is 4.30. The number of imidazole rings is 1. The Kier molecular flexibility index (Phi) is 8.96. The van der Waals surface area contributed by atoms with E-state index in [4.69, 9.17) is 24.4 Å². The number of nitrogens with one attached hydrogen (secondary N) is 1. The van der Waals surface area contributed by atoms with Crippen molar-refractivity contribution in [1.29, 1.82) is 0 Å². The molecule has 5 aromatic rings. The van der Waals surface area contributed by atoms with Crippen molar-refractivity contribution in [3.05, 3.63) is 77.8 Å². The van der Waals surface area contributed by atoms with Crippen molar-refractivity contribution in [3.63, 3.8) is 0 Å². The standard InChI is InChI=1S/C37H38F2N8O3S/c1-21-41-29-14-24(39)13-27-28-8-6-9-33(43-28)42-25-16-30(36(48)45(2)19-26(49-3)20-46(21)34(27)29)47(18-25)37-40-17-22-7-4-5-12-50-31-15-23(38)10-11-32(31)51-35(22)44-37/h6,8-11,13-15,17,25-26,30H,4-5,7,12,16,18-20H2,1-3H3,(H,42,43). The first-order chi connectivity index (χ1) is 24.7. The first-order valence-electron chi connectivity index (χ1n) is 17.1. The highest BCUT2D eigenvalue weighted by Gasteiger charge is 2.41. The molecule has 0 aliphatic carbocycles. The fourth-order valence-electron chi connectivity index (χ4n) is 7.26. The van der Waals surface area contributed by atoms with Gasteiger partial charge in [0.05, 0.1) is 40.9 Å². The molecule has 6 heterocycles. The first-order valence-corrected chi connectivity index (χ1v) is 18.0. The molecule has 3 aliphatic rings. The summed E-state index contributed by atoms with van der Waals surface area (Å²) >= 11 is 1.42. The van der Waals surface area contributed by atoms with Crippen LogP contribution in [0.5, 0.6) is 5.75 Å². The van der Waals surface area contributed by atoms with Gasteiger partial charge in [0.2, 0.25) is 11.9 Å². The van der Waals surface area contributed by atoms with Crippen molar-refractivity contribution in [2.75, 3.05) is 44.1 Å². The number of likely N-dealkylation sites (N-methyl/N-ethyl adjacent to an activating group) is 1. The van der Waals surface area contributed by atoms with E-state index in [9.17, 15) is 13.6 Å². The summed E-state index contributed by atoms with van der Waals surface area (Å²) < 4.78 is 43.0. The Morgan fingerprint density at radius 3 is 2.76 bits per heavy atom. The highest BCUT2D eigenvalue weighted by molar-refractivity contribution is 7.99. The second kappa shape index (κ2) is 13.7. The summed E-state index contributed by atoms with van der Waals surface area (Å²) in [5.41, 5.74) is 3.52. The topological polar surface area (TPSA) is 111 Å². The lowest BCUT2D eigenvalue weighted by Gasteiger charge is -2.30. The monoisotopic (exact) mass is 712 g/mol. The van der Waals surface area contributed by atoms with Crippen molar-refractivity contribution in [2.24, 2.45) is 0 Å². The van der Waals surface area contributed by atoms with Gasteiger partial charge in [-0.3, -0.25) is 4.79 Å². The molecular weight excluding hydrogens is 675 g/mol. The van der Waals surface area contributed by atoms with Gasteiger partial charge in [0.15, 0.2) is 0 Å². The number of rotatable bonds is 2. The molecule has 3 unspecified atom stereocenters. The molecule has 3 aromatic heterocycles. The van der Waals surface area contributed by atoms with Gasteiger partial charge in [0.25, 0.3) is 0 Å². The number of halogens is 2. The largest absolute Gasteiger partial charge is 0.492 e. The second-order valence-electron chi connectivity index (χ2n) is 13.3. The van der Waals surface area contributed by atoms with Crippen LogP contribution < -0.4 is 15.0 Å². The number of amides is 1. The van der Waals surface area contributed by atoms with Crippen LogP contribution in [0, 0.1) is 18.6 Å². The predicted octanol–water partition coefficient (Wildman–Crippen LogP) is 5.89. The fraction of sp³-hybridized carbons (Fsp3) is 0.378. The highest BCUT2D eigenvalue weighted by Crippen LogP contribution is 2.39. The molecule has 1 amide bonds. The van der Waals surface area contributed by atoms with Gasteiger partial charge in [-0.05, 0) is 62.9 Å². The van der Waals surface area contributed by atoms with Crippen molar-refractivity contribution in [3.8, 4) is 17.0 Å². The van der Waals surface area contributed by atoms with Gasteiger partial charge >= 0.3 is 0 Å². The Morgan fingerprint density at radius 2 is 1.90 bits per heavy atom. The fourth-order valence-corrected chi connectivity index (χ4v) is 8.24. The number of benzene rings is 2. The number of fused-ring (bicyclic) bond motifs is 7. The number of hydrogen-bond donors (Lipinski definition) is 1. The summed E-state index contributed by atoms with van der Waals surface area (Å²) in [6.07, 6.45) is 4.40. The molecule has 14 heteroatoms. The van der Waals surface area contributed by atoms with Crippen LogP contribution in [0.1, 0.15) is 30.7 Å². The van der Waals surface area contributed by atoms with Crippen LogP contribution in [0.25, 0.3) is 22.3 Å². The number of pyridine rings is 1. The average Bonchev–Trinajstić information content (AvgIpc) is 3.68. The SMILES string of the molecule is COC1CN(C)C(=O)C2CC(CN2c2ncc3c(n2)Sc2ccc(F)cc2OCCCC3)Nc2cccc(n2)-c2cc(F)cc3nc(C)n(c23)C1. The molecule has 0 saturated carbocycles. The maximum Gasteiger partial charge on any atom is 0.245 e. The molecular formula is C37H38F2N8O3S. The lowest BCUT2D eigenvalue weighted by Crippen LogP contribution is -2.47. The normalized spacial score (nSPS) is 20.9. The van der Waals surface area contributed by atoms with Crippen LogP contribution >= 0.6 is 11.8 Å². The van der Waals surface area contributed by atoms with Gasteiger partial charge < -0.3 is 29.2 Å². The number of anilines is 2. The van der Waals surface area contributed by atoms with Crippen LogP contribution in [0.15, 0.2) is 64.6 Å². The lowest BCUT2D eigenvalue weighted by atomic mass is 10.1. The van der Waals surface area contributed by atoms with Crippen LogP contribution in [0.3, 0.4) is 0 Å². The van der Waals surface area contributed by atoms with E-state index >= 15 is 0 Å². The molecule has 0 radical (unpaired) electrons. The van der Waals surface area contributed by atoms with Crippen molar-refractivity contribution in [2.45, 2.75) is 67.3 Å². The zero-order chi connectivity index (χ0) is 35.2. The molecule has 51 heavy (non-hydrogen) atoms. The summed E-state index contributed by atoms with van der Waals surface area (Å²) in [6.45, 7) is 3.53. The zero-order valence-corrected chi connectivity index (χ0v) is 29.4. The van der Waals surface area contributed by atoms with Gasteiger partial charge in [-0.2, -0.15) is 0 Å². The number of aryl methyl sites for hydroxylation is 2. The van der Waals surface area contributed by atoms with Crippen LogP contribution in [0.4, 0.5) is 20.5 Å². The maximum absolute atomic E-state index is 15.0. The van der Waals surface area contributed by atoms with E-state index in [1.54, 1.807) is 25.1 Å². The summed E-state index contributed by atoms with van der Waals surface area (Å²) in [4.78, 5) is 38.3. The number of carbonyl (C=O) groups excluding carboxylic acids is 1. The maximum atomic E-state index is 15.0. The minimum Gasteiger partial charge on any atom is -0.492 e. The Hall–Kier alpha value is -4.82. The van der Waals surface area contributed by atoms with E-state index < -0.39 is 11.9 Å². The van der Waals surface area contributed by atoms with E-state index in [1.165, 1.54) is 36.0 Å². The number of hydrogen-bond acceptors (Lipinski definition) is 10. The molecule has 1 fully saturated rings. The molecule has 2 aromatic carbocycles.